The van der Waals surface area contributed by atoms with E-state index in [-0.39, 0.29) is 39.9 Å². The Morgan fingerprint density at radius 2 is 2.00 bits per heavy atom. The minimum Gasteiger partial charge on any atom is -0.359 e. The normalized spacial score (nSPS) is 25.7. The predicted octanol–water partition coefficient (Wildman–Crippen LogP) is 2.88. The fourth-order valence-electron chi connectivity index (χ4n) is 3.39. The Hall–Kier alpha value is -2.62. The van der Waals surface area contributed by atoms with Gasteiger partial charge in [-0.25, -0.2) is 5.01 Å². The van der Waals surface area contributed by atoms with Crippen molar-refractivity contribution in [1.29, 1.82) is 0 Å². The van der Waals surface area contributed by atoms with Crippen molar-refractivity contribution < 1.29 is 28.0 Å². The summed E-state index contributed by atoms with van der Waals surface area (Å²) in [4.78, 5) is 22.6. The highest BCUT2D eigenvalue weighted by atomic mass is 19.4. The molecule has 1 aromatic rings. The lowest BCUT2D eigenvalue weighted by atomic mass is 9.84. The molecule has 0 bridgehead atoms. The first-order valence-electron chi connectivity index (χ1n) is 7.95. The van der Waals surface area contributed by atoms with Crippen molar-refractivity contribution in [2.24, 2.45) is 5.92 Å². The number of aliphatic hydroxyl groups is 1. The Morgan fingerprint density at radius 1 is 1.38 bits per heavy atom. The molecule has 2 aliphatic rings. The quantitative estimate of drug-likeness (QED) is 0.616. The van der Waals surface area contributed by atoms with Crippen LogP contribution >= 0.6 is 0 Å². The molecule has 1 aliphatic heterocycles. The van der Waals surface area contributed by atoms with Crippen molar-refractivity contribution in [1.82, 2.24) is 10.4 Å². The second kappa shape index (κ2) is 5.97. The number of halogens is 3. The van der Waals surface area contributed by atoms with Gasteiger partial charge in [-0.15, -0.1) is 0 Å². The number of hydrogen-bond acceptors (Lipinski definition) is 5. The molecule has 7 nitrogen and oxygen atoms in total. The van der Waals surface area contributed by atoms with Gasteiger partial charge in [-0.3, -0.25) is 20.3 Å². The zero-order chi connectivity index (χ0) is 19.3. The molecule has 0 fully saturated rings. The zero-order valence-corrected chi connectivity index (χ0v) is 13.7. The lowest BCUT2D eigenvalue weighted by Crippen LogP contribution is -2.62. The highest BCUT2D eigenvalue weighted by Crippen LogP contribution is 2.48. The largest absolute Gasteiger partial charge is 0.442 e. The van der Waals surface area contributed by atoms with Crippen molar-refractivity contribution >= 4 is 11.6 Å². The third-order valence-electron chi connectivity index (χ3n) is 4.78. The average molecular weight is 371 g/mol. The number of allylic oxidation sites excluding steroid dienone is 1. The van der Waals surface area contributed by atoms with Gasteiger partial charge in [0.2, 0.25) is 0 Å². The van der Waals surface area contributed by atoms with Crippen molar-refractivity contribution in [2.45, 2.75) is 38.1 Å². The second-order valence-corrected chi connectivity index (χ2v) is 6.41. The molecular weight excluding hydrogens is 355 g/mol. The summed E-state index contributed by atoms with van der Waals surface area (Å²) >= 11 is 0. The Morgan fingerprint density at radius 3 is 2.54 bits per heavy atom. The monoisotopic (exact) mass is 371 g/mol. The predicted molar refractivity (Wildman–Crippen MR) is 83.4 cm³/mol. The number of amides is 1. The van der Waals surface area contributed by atoms with Crippen LogP contribution in [0.3, 0.4) is 0 Å². The van der Waals surface area contributed by atoms with Crippen LogP contribution in [0.15, 0.2) is 35.5 Å². The molecule has 0 aromatic heterocycles. The maximum atomic E-state index is 13.7. The van der Waals surface area contributed by atoms with E-state index in [2.05, 4.69) is 5.43 Å². The number of non-ortho nitro benzene ring substituents is 1. The molecule has 26 heavy (non-hydrogen) atoms. The Kier molecular flexibility index (Phi) is 4.18. The summed E-state index contributed by atoms with van der Waals surface area (Å²) in [6.07, 6.45) is -3.98. The van der Waals surface area contributed by atoms with E-state index in [1.807, 2.05) is 0 Å². The summed E-state index contributed by atoms with van der Waals surface area (Å²) in [7, 11) is 0. The average Bonchev–Trinajstić information content (AvgIpc) is 2.90. The number of carbonyl (C=O) groups is 1. The molecule has 0 saturated heterocycles. The molecule has 10 heteroatoms. The maximum absolute atomic E-state index is 13.7. The third kappa shape index (κ3) is 2.61. The minimum absolute atomic E-state index is 0.0206. The summed E-state index contributed by atoms with van der Waals surface area (Å²) in [6, 6.07) is 4.15. The van der Waals surface area contributed by atoms with Gasteiger partial charge in [-0.05, 0) is 37.3 Å². The number of nitrogens with zero attached hydrogens (tertiary/aromatic N) is 2. The van der Waals surface area contributed by atoms with Crippen LogP contribution in [0.4, 0.5) is 18.9 Å². The molecule has 3 rings (SSSR count). The Balaban J connectivity index is 2.01. The highest BCUT2D eigenvalue weighted by Gasteiger charge is 2.66. The van der Waals surface area contributed by atoms with Gasteiger partial charge in [0.1, 0.15) is 0 Å². The molecule has 1 aliphatic carbocycles. The SMILES string of the molecule is C[C@H]1CCCC2=C1NN(C(=O)c1ccc([N+](=O)[O-])cc1)[C@]2(O)C(F)(F)F. The van der Waals surface area contributed by atoms with Gasteiger partial charge in [-0.2, -0.15) is 13.2 Å². The van der Waals surface area contributed by atoms with Gasteiger partial charge in [0.05, 0.1) is 4.92 Å². The van der Waals surface area contributed by atoms with Gasteiger partial charge < -0.3 is 5.11 Å². The number of alkyl halides is 3. The van der Waals surface area contributed by atoms with E-state index in [1.54, 1.807) is 6.92 Å². The van der Waals surface area contributed by atoms with Crippen LogP contribution in [0, 0.1) is 16.0 Å². The number of nitro benzene ring substituents is 1. The van der Waals surface area contributed by atoms with E-state index in [1.165, 1.54) is 0 Å². The van der Waals surface area contributed by atoms with Crippen molar-refractivity contribution in [3.05, 3.63) is 51.2 Å². The van der Waals surface area contributed by atoms with E-state index in [4.69, 9.17) is 0 Å². The number of nitrogens with one attached hydrogen (secondary N) is 1. The van der Waals surface area contributed by atoms with Crippen LogP contribution in [0.5, 0.6) is 0 Å². The summed E-state index contributed by atoms with van der Waals surface area (Å²) < 4.78 is 41.2. The van der Waals surface area contributed by atoms with Crippen LogP contribution in [0.2, 0.25) is 0 Å². The number of hydrogen-bond donors (Lipinski definition) is 2. The summed E-state index contributed by atoms with van der Waals surface area (Å²) in [5.41, 5.74) is -1.57. The number of hydrazine groups is 1. The maximum Gasteiger partial charge on any atom is 0.442 e. The second-order valence-electron chi connectivity index (χ2n) is 6.41. The first-order chi connectivity index (χ1) is 12.1. The Labute approximate surface area is 146 Å². The van der Waals surface area contributed by atoms with E-state index in [0.29, 0.717) is 12.8 Å². The fourth-order valence-corrected chi connectivity index (χ4v) is 3.39. The van der Waals surface area contributed by atoms with E-state index in [9.17, 15) is 33.2 Å². The summed E-state index contributed by atoms with van der Waals surface area (Å²) in [6.45, 7) is 1.72. The van der Waals surface area contributed by atoms with Gasteiger partial charge in [0, 0.05) is 29.0 Å². The molecular formula is C16H16F3N3O4. The van der Waals surface area contributed by atoms with Gasteiger partial charge in [0.15, 0.2) is 0 Å². The number of carbonyl (C=O) groups excluding carboxylic acids is 1. The van der Waals surface area contributed by atoms with Crippen LogP contribution in [-0.2, 0) is 0 Å². The third-order valence-corrected chi connectivity index (χ3v) is 4.78. The van der Waals surface area contributed by atoms with Crippen molar-refractivity contribution in [2.75, 3.05) is 0 Å². The van der Waals surface area contributed by atoms with Crippen molar-refractivity contribution in [3.63, 3.8) is 0 Å². The van der Waals surface area contributed by atoms with Crippen molar-refractivity contribution in [3.8, 4) is 0 Å². The molecule has 0 saturated carbocycles. The fraction of sp³-hybridized carbons (Fsp3) is 0.438. The Bertz CT molecular complexity index is 791. The van der Waals surface area contributed by atoms with Crippen LogP contribution in [-0.4, -0.2) is 32.8 Å². The molecule has 1 amide bonds. The number of nitro groups is 1. The lowest BCUT2D eigenvalue weighted by Gasteiger charge is -2.36. The summed E-state index contributed by atoms with van der Waals surface area (Å²) in [5.74, 6) is -1.39. The first kappa shape index (κ1) is 18.2. The topological polar surface area (TPSA) is 95.7 Å². The number of benzene rings is 1. The van der Waals surface area contributed by atoms with Crippen LogP contribution < -0.4 is 5.43 Å². The number of rotatable bonds is 2. The molecule has 2 atom stereocenters. The van der Waals surface area contributed by atoms with Gasteiger partial charge in [-0.1, -0.05) is 6.92 Å². The first-order valence-corrected chi connectivity index (χ1v) is 7.95. The van der Waals surface area contributed by atoms with Gasteiger partial charge >= 0.3 is 6.18 Å². The standard InChI is InChI=1S/C16H16F3N3O4/c1-9-3-2-4-12-13(9)20-21(15(12,24)16(17,18)19)14(23)10-5-7-11(8-6-10)22(25)26/h5-9,20,24H,2-4H2,1H3/t9-,15+/m0/s1. The molecule has 1 aromatic carbocycles. The summed E-state index contributed by atoms with van der Waals surface area (Å²) in [5, 5.41) is 21.4. The zero-order valence-electron chi connectivity index (χ0n) is 13.7. The lowest BCUT2D eigenvalue weighted by molar-refractivity contribution is -0.384. The van der Waals surface area contributed by atoms with E-state index < -0.39 is 22.7 Å². The minimum atomic E-state index is -5.11. The van der Waals surface area contributed by atoms with Gasteiger partial charge in [0.25, 0.3) is 17.3 Å². The van der Waals surface area contributed by atoms with Crippen LogP contribution in [0.1, 0.15) is 36.5 Å². The molecule has 0 unspecified atom stereocenters. The highest BCUT2D eigenvalue weighted by molar-refractivity contribution is 5.95. The molecule has 140 valence electrons. The van der Waals surface area contributed by atoms with E-state index in [0.717, 1.165) is 24.3 Å². The molecule has 1 heterocycles. The molecule has 0 spiro atoms. The molecule has 2 N–H and O–H groups in total. The molecule has 0 radical (unpaired) electrons. The van der Waals surface area contributed by atoms with Crippen LogP contribution in [0.25, 0.3) is 0 Å². The smallest absolute Gasteiger partial charge is 0.359 e. The van der Waals surface area contributed by atoms with E-state index >= 15 is 0 Å².